The Hall–Kier alpha value is -0.940. The van der Waals surface area contributed by atoms with Gasteiger partial charge in [-0.15, -0.1) is 0 Å². The van der Waals surface area contributed by atoms with Crippen molar-refractivity contribution in [2.45, 2.75) is 76.9 Å². The van der Waals surface area contributed by atoms with Gasteiger partial charge in [0.2, 0.25) is 11.7 Å². The predicted molar refractivity (Wildman–Crippen MR) is 77.4 cm³/mol. The van der Waals surface area contributed by atoms with Crippen LogP contribution in [0, 0.1) is 0 Å². The lowest BCUT2D eigenvalue weighted by molar-refractivity contribution is 0.0477. The average molecular weight is 281 g/mol. The van der Waals surface area contributed by atoms with Gasteiger partial charge < -0.3 is 15.0 Å². The summed E-state index contributed by atoms with van der Waals surface area (Å²) in [6.07, 6.45) is 7.66. The van der Waals surface area contributed by atoms with Crippen molar-refractivity contribution in [1.82, 2.24) is 10.1 Å². The van der Waals surface area contributed by atoms with Gasteiger partial charge in [0.05, 0.1) is 5.92 Å². The molecule has 5 nitrogen and oxygen atoms in total. The highest BCUT2D eigenvalue weighted by molar-refractivity contribution is 5.01. The van der Waals surface area contributed by atoms with Crippen molar-refractivity contribution in [2.24, 2.45) is 5.73 Å². The number of rotatable bonds is 6. The Morgan fingerprint density at radius 1 is 1.30 bits per heavy atom. The summed E-state index contributed by atoms with van der Waals surface area (Å²) < 4.78 is 11.2. The summed E-state index contributed by atoms with van der Waals surface area (Å²) in [4.78, 5) is 4.58. The van der Waals surface area contributed by atoms with Crippen LogP contribution in [-0.2, 0) is 4.74 Å². The number of nitrogens with two attached hydrogens (primary N) is 1. The van der Waals surface area contributed by atoms with E-state index in [1.165, 1.54) is 19.3 Å². The second kappa shape index (κ2) is 7.74. The Morgan fingerprint density at radius 3 is 2.85 bits per heavy atom. The summed E-state index contributed by atoms with van der Waals surface area (Å²) in [6.45, 7) is 4.79. The van der Waals surface area contributed by atoms with E-state index in [9.17, 15) is 0 Å². The topological polar surface area (TPSA) is 74.2 Å². The quantitative estimate of drug-likeness (QED) is 0.810. The Bertz CT molecular complexity index is 388. The van der Waals surface area contributed by atoms with Crippen LogP contribution in [0.25, 0.3) is 0 Å². The molecule has 20 heavy (non-hydrogen) atoms. The molecule has 0 saturated heterocycles. The highest BCUT2D eigenvalue weighted by Gasteiger charge is 2.28. The van der Waals surface area contributed by atoms with Crippen molar-refractivity contribution in [1.29, 1.82) is 0 Å². The maximum absolute atomic E-state index is 6.25. The fourth-order valence-corrected chi connectivity index (χ4v) is 2.92. The van der Waals surface area contributed by atoms with Crippen LogP contribution in [0.15, 0.2) is 4.52 Å². The summed E-state index contributed by atoms with van der Waals surface area (Å²) in [7, 11) is 0. The zero-order valence-corrected chi connectivity index (χ0v) is 12.7. The van der Waals surface area contributed by atoms with Crippen LogP contribution in [0.1, 0.15) is 82.5 Å². The molecule has 2 rings (SSSR count). The van der Waals surface area contributed by atoms with Crippen molar-refractivity contribution in [3.8, 4) is 0 Å². The summed E-state index contributed by atoms with van der Waals surface area (Å²) in [5, 5.41) is 4.13. The molecular weight excluding hydrogens is 254 g/mol. The van der Waals surface area contributed by atoms with Gasteiger partial charge in [0.25, 0.3) is 0 Å². The zero-order chi connectivity index (χ0) is 14.4. The predicted octanol–water partition coefficient (Wildman–Crippen LogP) is 3.32. The third kappa shape index (κ3) is 3.79. The first-order valence-electron chi connectivity index (χ1n) is 7.96. The SMILES string of the molecule is CCCC(OCC)c1noc(C2CCCCCC2N)n1. The Labute approximate surface area is 121 Å². The average Bonchev–Trinajstić information content (AvgIpc) is 2.82. The van der Waals surface area contributed by atoms with Gasteiger partial charge >= 0.3 is 0 Å². The summed E-state index contributed by atoms with van der Waals surface area (Å²) in [5.41, 5.74) is 6.25. The highest BCUT2D eigenvalue weighted by Crippen LogP contribution is 2.31. The van der Waals surface area contributed by atoms with Gasteiger partial charge in [0.15, 0.2) is 0 Å². The molecule has 0 amide bonds. The molecule has 0 aromatic carbocycles. The molecule has 0 spiro atoms. The van der Waals surface area contributed by atoms with Crippen LogP contribution < -0.4 is 5.73 Å². The second-order valence-corrected chi connectivity index (χ2v) is 5.63. The molecule has 0 aliphatic heterocycles. The lowest BCUT2D eigenvalue weighted by atomic mass is 9.95. The minimum atomic E-state index is -0.0514. The first kappa shape index (κ1) is 15.4. The summed E-state index contributed by atoms with van der Waals surface area (Å²) >= 11 is 0. The lowest BCUT2D eigenvalue weighted by Gasteiger charge is -2.16. The molecule has 1 heterocycles. The van der Waals surface area contributed by atoms with E-state index in [0.717, 1.165) is 25.7 Å². The van der Waals surface area contributed by atoms with Crippen LogP contribution in [0.3, 0.4) is 0 Å². The molecule has 3 unspecified atom stereocenters. The van der Waals surface area contributed by atoms with Crippen LogP contribution in [0.5, 0.6) is 0 Å². The van der Waals surface area contributed by atoms with Gasteiger partial charge in [-0.05, 0) is 26.2 Å². The number of ether oxygens (including phenoxy) is 1. The molecule has 1 saturated carbocycles. The smallest absolute Gasteiger partial charge is 0.231 e. The minimum Gasteiger partial charge on any atom is -0.370 e. The second-order valence-electron chi connectivity index (χ2n) is 5.63. The number of hydrogen-bond donors (Lipinski definition) is 1. The van der Waals surface area contributed by atoms with Crippen LogP contribution in [0.4, 0.5) is 0 Å². The van der Waals surface area contributed by atoms with Gasteiger partial charge in [-0.25, -0.2) is 0 Å². The molecular formula is C15H27N3O2. The molecule has 1 aromatic rings. The van der Waals surface area contributed by atoms with E-state index in [2.05, 4.69) is 17.1 Å². The van der Waals surface area contributed by atoms with E-state index in [-0.39, 0.29) is 18.1 Å². The Morgan fingerprint density at radius 2 is 2.10 bits per heavy atom. The van der Waals surface area contributed by atoms with Gasteiger partial charge in [0, 0.05) is 12.6 Å². The van der Waals surface area contributed by atoms with E-state index >= 15 is 0 Å². The highest BCUT2D eigenvalue weighted by atomic mass is 16.5. The fraction of sp³-hybridized carbons (Fsp3) is 0.867. The molecule has 2 N–H and O–H groups in total. The van der Waals surface area contributed by atoms with E-state index in [1.807, 2.05) is 6.92 Å². The maximum atomic E-state index is 6.25. The van der Waals surface area contributed by atoms with Crippen LogP contribution in [0.2, 0.25) is 0 Å². The minimum absolute atomic E-state index is 0.0514. The van der Waals surface area contributed by atoms with Crippen molar-refractivity contribution in [3.05, 3.63) is 11.7 Å². The molecule has 1 aromatic heterocycles. The molecule has 0 radical (unpaired) electrons. The largest absolute Gasteiger partial charge is 0.370 e. The molecule has 114 valence electrons. The van der Waals surface area contributed by atoms with Crippen molar-refractivity contribution in [3.63, 3.8) is 0 Å². The van der Waals surface area contributed by atoms with E-state index < -0.39 is 0 Å². The maximum Gasteiger partial charge on any atom is 0.231 e. The van der Waals surface area contributed by atoms with Gasteiger partial charge in [-0.3, -0.25) is 0 Å². The third-order valence-electron chi connectivity index (χ3n) is 4.05. The first-order chi connectivity index (χ1) is 9.76. The normalized spacial score (nSPS) is 25.4. The van der Waals surface area contributed by atoms with E-state index in [1.54, 1.807) is 0 Å². The summed E-state index contributed by atoms with van der Waals surface area (Å²) in [5.74, 6) is 1.60. The monoisotopic (exact) mass is 281 g/mol. The van der Waals surface area contributed by atoms with E-state index in [0.29, 0.717) is 18.3 Å². The van der Waals surface area contributed by atoms with Crippen LogP contribution >= 0.6 is 0 Å². The molecule has 1 fully saturated rings. The number of nitrogens with zero attached hydrogens (tertiary/aromatic N) is 2. The zero-order valence-electron chi connectivity index (χ0n) is 12.7. The van der Waals surface area contributed by atoms with Gasteiger partial charge in [0.1, 0.15) is 6.10 Å². The fourth-order valence-electron chi connectivity index (χ4n) is 2.92. The van der Waals surface area contributed by atoms with Crippen LogP contribution in [-0.4, -0.2) is 22.8 Å². The lowest BCUT2D eigenvalue weighted by Crippen LogP contribution is -2.27. The molecule has 3 atom stereocenters. The third-order valence-corrected chi connectivity index (χ3v) is 4.05. The molecule has 0 bridgehead atoms. The molecule has 1 aliphatic carbocycles. The van der Waals surface area contributed by atoms with Gasteiger partial charge in [-0.1, -0.05) is 37.8 Å². The molecule has 1 aliphatic rings. The molecule has 5 heteroatoms. The van der Waals surface area contributed by atoms with Crippen molar-refractivity contribution in [2.75, 3.05) is 6.61 Å². The van der Waals surface area contributed by atoms with E-state index in [4.69, 9.17) is 15.0 Å². The standard InChI is InChI=1S/C15H27N3O2/c1-3-8-13(19-4-2)14-17-15(20-18-14)11-9-6-5-7-10-12(11)16/h11-13H,3-10,16H2,1-2H3. The van der Waals surface area contributed by atoms with Crippen molar-refractivity contribution < 1.29 is 9.26 Å². The van der Waals surface area contributed by atoms with Gasteiger partial charge in [-0.2, -0.15) is 4.98 Å². The Balaban J connectivity index is 2.09. The Kier molecular flexibility index (Phi) is 5.98. The summed E-state index contributed by atoms with van der Waals surface area (Å²) in [6, 6.07) is 0.141. The number of aromatic nitrogens is 2. The van der Waals surface area contributed by atoms with Crippen molar-refractivity contribution >= 4 is 0 Å². The number of hydrogen-bond acceptors (Lipinski definition) is 5. The first-order valence-corrected chi connectivity index (χ1v) is 7.96.